The SMILES string of the molecule is CCN(CCNC(=O)C1CCN(C(=O)c2ccc(Br)cc2)CC1)C(C)C. The fourth-order valence-corrected chi connectivity index (χ4v) is 3.63. The predicted octanol–water partition coefficient (Wildman–Crippen LogP) is 3.15. The van der Waals surface area contributed by atoms with E-state index in [9.17, 15) is 9.59 Å². The molecule has 0 aromatic heterocycles. The van der Waals surface area contributed by atoms with Crippen LogP contribution < -0.4 is 5.32 Å². The minimum absolute atomic E-state index is 0.0121. The molecular formula is C20H30BrN3O2. The minimum Gasteiger partial charge on any atom is -0.355 e. The highest BCUT2D eigenvalue weighted by molar-refractivity contribution is 9.10. The molecule has 1 aromatic rings. The average Bonchev–Trinajstić information content (AvgIpc) is 2.65. The van der Waals surface area contributed by atoms with Crippen molar-refractivity contribution in [2.45, 2.75) is 39.7 Å². The molecule has 1 fully saturated rings. The molecule has 5 nitrogen and oxygen atoms in total. The van der Waals surface area contributed by atoms with Crippen molar-refractivity contribution in [2.24, 2.45) is 5.92 Å². The van der Waals surface area contributed by atoms with Crippen LogP contribution in [0.15, 0.2) is 28.7 Å². The molecule has 1 aliphatic heterocycles. The number of rotatable bonds is 7. The van der Waals surface area contributed by atoms with Crippen LogP contribution in [-0.2, 0) is 4.79 Å². The van der Waals surface area contributed by atoms with E-state index in [1.807, 2.05) is 29.2 Å². The molecule has 0 bridgehead atoms. The monoisotopic (exact) mass is 423 g/mol. The van der Waals surface area contributed by atoms with Gasteiger partial charge in [-0.3, -0.25) is 14.5 Å². The second kappa shape index (κ2) is 10.1. The third-order valence-corrected chi connectivity index (χ3v) is 5.61. The van der Waals surface area contributed by atoms with Gasteiger partial charge in [0.25, 0.3) is 5.91 Å². The molecule has 6 heteroatoms. The van der Waals surface area contributed by atoms with Crippen LogP contribution in [0.3, 0.4) is 0 Å². The topological polar surface area (TPSA) is 52.7 Å². The van der Waals surface area contributed by atoms with Gasteiger partial charge in [-0.15, -0.1) is 0 Å². The van der Waals surface area contributed by atoms with Crippen LogP contribution in [0.25, 0.3) is 0 Å². The van der Waals surface area contributed by atoms with Gasteiger partial charge in [0.1, 0.15) is 0 Å². The van der Waals surface area contributed by atoms with Crippen LogP contribution in [-0.4, -0.2) is 60.4 Å². The van der Waals surface area contributed by atoms with Crippen LogP contribution in [0.1, 0.15) is 44.0 Å². The lowest BCUT2D eigenvalue weighted by Gasteiger charge is -2.31. The maximum atomic E-state index is 12.5. The highest BCUT2D eigenvalue weighted by Crippen LogP contribution is 2.20. The molecule has 26 heavy (non-hydrogen) atoms. The van der Waals surface area contributed by atoms with E-state index in [-0.39, 0.29) is 17.7 Å². The highest BCUT2D eigenvalue weighted by Gasteiger charge is 2.27. The summed E-state index contributed by atoms with van der Waals surface area (Å²) in [6, 6.07) is 7.91. The van der Waals surface area contributed by atoms with E-state index < -0.39 is 0 Å². The van der Waals surface area contributed by atoms with Crippen LogP contribution >= 0.6 is 15.9 Å². The van der Waals surface area contributed by atoms with Crippen LogP contribution in [0, 0.1) is 5.92 Å². The smallest absolute Gasteiger partial charge is 0.253 e. The molecule has 0 radical (unpaired) electrons. The number of piperidine rings is 1. The fourth-order valence-electron chi connectivity index (χ4n) is 3.37. The quantitative estimate of drug-likeness (QED) is 0.732. The van der Waals surface area contributed by atoms with E-state index in [1.54, 1.807) is 0 Å². The molecule has 0 saturated carbocycles. The molecule has 1 N–H and O–H groups in total. The first-order chi connectivity index (χ1) is 12.4. The minimum atomic E-state index is 0.0121. The normalized spacial score (nSPS) is 15.5. The number of hydrogen-bond donors (Lipinski definition) is 1. The molecule has 1 aliphatic rings. The average molecular weight is 424 g/mol. The zero-order valence-electron chi connectivity index (χ0n) is 16.0. The first-order valence-electron chi connectivity index (χ1n) is 9.49. The zero-order valence-corrected chi connectivity index (χ0v) is 17.6. The van der Waals surface area contributed by atoms with Gasteiger partial charge in [-0.05, 0) is 57.5 Å². The number of likely N-dealkylation sites (tertiary alicyclic amines) is 1. The summed E-state index contributed by atoms with van der Waals surface area (Å²) in [6.45, 7) is 10.3. The van der Waals surface area contributed by atoms with E-state index in [2.05, 4.69) is 46.9 Å². The van der Waals surface area contributed by atoms with Gasteiger partial charge in [0.2, 0.25) is 5.91 Å². The second-order valence-corrected chi connectivity index (χ2v) is 8.00. The van der Waals surface area contributed by atoms with Crippen molar-refractivity contribution in [2.75, 3.05) is 32.7 Å². The van der Waals surface area contributed by atoms with Gasteiger partial charge in [0, 0.05) is 48.2 Å². The number of carbonyl (C=O) groups excluding carboxylic acids is 2. The molecule has 144 valence electrons. The summed E-state index contributed by atoms with van der Waals surface area (Å²) in [5, 5.41) is 3.06. The van der Waals surface area contributed by atoms with Gasteiger partial charge in [0.05, 0.1) is 0 Å². The second-order valence-electron chi connectivity index (χ2n) is 7.09. The molecule has 0 aliphatic carbocycles. The number of likely N-dealkylation sites (N-methyl/N-ethyl adjacent to an activating group) is 1. The lowest BCUT2D eigenvalue weighted by Crippen LogP contribution is -2.44. The molecule has 2 amide bonds. The van der Waals surface area contributed by atoms with Crippen LogP contribution in [0.2, 0.25) is 0 Å². The summed E-state index contributed by atoms with van der Waals surface area (Å²) >= 11 is 3.38. The maximum Gasteiger partial charge on any atom is 0.253 e. The third kappa shape index (κ3) is 5.81. The van der Waals surface area contributed by atoms with Crippen LogP contribution in [0.5, 0.6) is 0 Å². The number of carbonyl (C=O) groups is 2. The van der Waals surface area contributed by atoms with Crippen molar-refractivity contribution in [3.05, 3.63) is 34.3 Å². The summed E-state index contributed by atoms with van der Waals surface area (Å²) in [7, 11) is 0. The summed E-state index contributed by atoms with van der Waals surface area (Å²) < 4.78 is 0.962. The lowest BCUT2D eigenvalue weighted by molar-refractivity contribution is -0.126. The Bertz CT molecular complexity index is 596. The van der Waals surface area contributed by atoms with E-state index >= 15 is 0 Å². The van der Waals surface area contributed by atoms with Crippen molar-refractivity contribution in [1.82, 2.24) is 15.1 Å². The van der Waals surface area contributed by atoms with E-state index in [0.29, 0.717) is 31.2 Å². The number of hydrogen-bond acceptors (Lipinski definition) is 3. The van der Waals surface area contributed by atoms with Gasteiger partial charge >= 0.3 is 0 Å². The van der Waals surface area contributed by atoms with E-state index in [1.165, 1.54) is 0 Å². The molecule has 0 spiro atoms. The lowest BCUT2D eigenvalue weighted by atomic mass is 9.95. The number of benzene rings is 1. The molecule has 0 atom stereocenters. The number of amides is 2. The van der Waals surface area contributed by atoms with Crippen molar-refractivity contribution >= 4 is 27.7 Å². The van der Waals surface area contributed by atoms with Gasteiger partial charge in [-0.1, -0.05) is 22.9 Å². The zero-order chi connectivity index (χ0) is 19.1. The Morgan fingerprint density at radius 1 is 1.23 bits per heavy atom. The molecular weight excluding hydrogens is 394 g/mol. The van der Waals surface area contributed by atoms with Crippen molar-refractivity contribution in [3.63, 3.8) is 0 Å². The fraction of sp³-hybridized carbons (Fsp3) is 0.600. The predicted molar refractivity (Wildman–Crippen MR) is 108 cm³/mol. The Balaban J connectivity index is 1.76. The van der Waals surface area contributed by atoms with Crippen molar-refractivity contribution in [1.29, 1.82) is 0 Å². The van der Waals surface area contributed by atoms with Gasteiger partial charge in [-0.2, -0.15) is 0 Å². The summed E-state index contributed by atoms with van der Waals surface area (Å²) in [5.41, 5.74) is 0.699. The Morgan fingerprint density at radius 3 is 2.38 bits per heavy atom. The first kappa shape index (κ1) is 20.9. The van der Waals surface area contributed by atoms with Crippen LogP contribution in [0.4, 0.5) is 0 Å². The maximum absolute atomic E-state index is 12.5. The molecule has 1 aromatic carbocycles. The first-order valence-corrected chi connectivity index (χ1v) is 10.3. The number of halogens is 1. The number of nitrogens with zero attached hydrogens (tertiary/aromatic N) is 2. The summed E-state index contributed by atoms with van der Waals surface area (Å²) in [6.07, 6.45) is 1.46. The van der Waals surface area contributed by atoms with Crippen molar-refractivity contribution in [3.8, 4) is 0 Å². The highest BCUT2D eigenvalue weighted by atomic mass is 79.9. The Kier molecular flexibility index (Phi) is 8.10. The van der Waals surface area contributed by atoms with Gasteiger partial charge in [0.15, 0.2) is 0 Å². The summed E-state index contributed by atoms with van der Waals surface area (Å²) in [4.78, 5) is 29.1. The van der Waals surface area contributed by atoms with Crippen molar-refractivity contribution < 1.29 is 9.59 Å². The molecule has 1 heterocycles. The largest absolute Gasteiger partial charge is 0.355 e. The van der Waals surface area contributed by atoms with E-state index in [4.69, 9.17) is 0 Å². The Labute approximate surface area is 165 Å². The Hall–Kier alpha value is -1.40. The van der Waals surface area contributed by atoms with Gasteiger partial charge < -0.3 is 10.2 Å². The van der Waals surface area contributed by atoms with E-state index in [0.717, 1.165) is 30.4 Å². The summed E-state index contributed by atoms with van der Waals surface area (Å²) in [5.74, 6) is 0.186. The van der Waals surface area contributed by atoms with Gasteiger partial charge in [-0.25, -0.2) is 0 Å². The number of nitrogens with one attached hydrogen (secondary N) is 1. The molecule has 0 unspecified atom stereocenters. The molecule has 2 rings (SSSR count). The third-order valence-electron chi connectivity index (χ3n) is 5.08. The standard InChI is InChI=1S/C20H30BrN3O2/c1-4-23(15(2)3)14-11-22-19(25)16-9-12-24(13-10-16)20(26)17-5-7-18(21)8-6-17/h5-8,15-16H,4,9-14H2,1-3H3,(H,22,25). The molecule has 1 saturated heterocycles. The Morgan fingerprint density at radius 2 is 1.85 bits per heavy atom.